The fraction of sp³-hybridized carbons (Fsp3) is 0.571. The number of hydrogen-bond donors (Lipinski definition) is 0. The lowest BCUT2D eigenvalue weighted by atomic mass is 9.72. The second-order valence-corrected chi connectivity index (χ2v) is 5.08. The highest BCUT2D eigenvalue weighted by atomic mass is 14.3. The van der Waals surface area contributed by atoms with E-state index in [0.29, 0.717) is 5.41 Å². The molecule has 76 valence electrons. The Labute approximate surface area is 87.3 Å². The van der Waals surface area contributed by atoms with Crippen molar-refractivity contribution in [3.05, 3.63) is 34.9 Å². The van der Waals surface area contributed by atoms with Crippen molar-refractivity contribution in [3.63, 3.8) is 0 Å². The maximum atomic E-state index is 2.41. The minimum Gasteiger partial charge on any atom is -0.0613 e. The highest BCUT2D eigenvalue weighted by Crippen LogP contribution is 2.36. The summed E-state index contributed by atoms with van der Waals surface area (Å²) in [5.41, 5.74) is 5.07. The Morgan fingerprint density at radius 2 is 2.07 bits per heavy atom. The summed E-state index contributed by atoms with van der Waals surface area (Å²) in [7, 11) is 0. The topological polar surface area (TPSA) is 0 Å². The largest absolute Gasteiger partial charge is 0.0613 e. The van der Waals surface area contributed by atoms with Crippen LogP contribution in [-0.4, -0.2) is 0 Å². The molecule has 1 aliphatic rings. The number of aryl methyl sites for hydroxylation is 2. The summed E-state index contributed by atoms with van der Waals surface area (Å²) < 4.78 is 0. The molecule has 0 heteroatoms. The molecular formula is C14H20. The molecule has 0 aromatic heterocycles. The molecule has 0 bridgehead atoms. The van der Waals surface area contributed by atoms with Crippen molar-refractivity contribution in [2.24, 2.45) is 0 Å². The minimum absolute atomic E-state index is 0.403. The molecular weight excluding hydrogens is 168 g/mol. The van der Waals surface area contributed by atoms with Gasteiger partial charge in [-0.2, -0.15) is 0 Å². The predicted octanol–water partition coefficient (Wildman–Crippen LogP) is 3.86. The van der Waals surface area contributed by atoms with E-state index < -0.39 is 0 Å². The van der Waals surface area contributed by atoms with E-state index >= 15 is 0 Å². The van der Waals surface area contributed by atoms with E-state index in [1.807, 2.05) is 0 Å². The molecule has 2 rings (SSSR count). The van der Waals surface area contributed by atoms with E-state index in [1.54, 1.807) is 11.1 Å². The average Bonchev–Trinajstić information content (AvgIpc) is 2.16. The van der Waals surface area contributed by atoms with Gasteiger partial charge in [0.2, 0.25) is 0 Å². The molecule has 0 aliphatic heterocycles. The van der Waals surface area contributed by atoms with Gasteiger partial charge in [-0.15, -0.1) is 0 Å². The summed E-state index contributed by atoms with van der Waals surface area (Å²) in [4.78, 5) is 0. The van der Waals surface area contributed by atoms with Crippen molar-refractivity contribution in [1.29, 1.82) is 0 Å². The van der Waals surface area contributed by atoms with Gasteiger partial charge in [-0.1, -0.05) is 39.0 Å². The van der Waals surface area contributed by atoms with Crippen molar-refractivity contribution < 1.29 is 0 Å². The van der Waals surface area contributed by atoms with Crippen LogP contribution in [0.25, 0.3) is 0 Å². The zero-order valence-corrected chi connectivity index (χ0v) is 9.56. The summed E-state index contributed by atoms with van der Waals surface area (Å²) in [6.07, 6.45) is 5.14. The molecule has 0 radical (unpaired) electrons. The zero-order valence-electron chi connectivity index (χ0n) is 9.56. The van der Waals surface area contributed by atoms with Gasteiger partial charge in [-0.05, 0) is 47.8 Å². The summed E-state index contributed by atoms with van der Waals surface area (Å²) in [6.45, 7) is 6.98. The summed E-state index contributed by atoms with van der Waals surface area (Å²) >= 11 is 0. The first-order chi connectivity index (χ1) is 6.63. The Hall–Kier alpha value is -0.780. The van der Waals surface area contributed by atoms with Crippen LogP contribution in [0.15, 0.2) is 18.2 Å². The smallest absolute Gasteiger partial charge is 0.0101 e. The SMILES string of the molecule is CCc1ccc2c(c1)CCCC2(C)C. The van der Waals surface area contributed by atoms with E-state index in [1.165, 1.54) is 24.8 Å². The van der Waals surface area contributed by atoms with Gasteiger partial charge in [0.05, 0.1) is 0 Å². The van der Waals surface area contributed by atoms with Gasteiger partial charge >= 0.3 is 0 Å². The second kappa shape index (κ2) is 3.42. The zero-order chi connectivity index (χ0) is 10.2. The Morgan fingerprint density at radius 1 is 1.29 bits per heavy atom. The quantitative estimate of drug-likeness (QED) is 0.627. The summed E-state index contributed by atoms with van der Waals surface area (Å²) in [5, 5.41) is 0. The normalized spacial score (nSPS) is 19.1. The van der Waals surface area contributed by atoms with Gasteiger partial charge in [0.1, 0.15) is 0 Å². The molecule has 0 saturated heterocycles. The van der Waals surface area contributed by atoms with Gasteiger partial charge in [-0.25, -0.2) is 0 Å². The number of hydrogen-bond acceptors (Lipinski definition) is 0. The van der Waals surface area contributed by atoms with Gasteiger partial charge < -0.3 is 0 Å². The highest BCUT2D eigenvalue weighted by Gasteiger charge is 2.26. The van der Waals surface area contributed by atoms with Crippen molar-refractivity contribution in [2.75, 3.05) is 0 Å². The molecule has 0 atom stereocenters. The molecule has 0 N–H and O–H groups in total. The Kier molecular flexibility index (Phi) is 2.38. The molecule has 14 heavy (non-hydrogen) atoms. The Morgan fingerprint density at radius 3 is 2.79 bits per heavy atom. The second-order valence-electron chi connectivity index (χ2n) is 5.08. The molecule has 0 heterocycles. The van der Waals surface area contributed by atoms with Crippen LogP contribution in [0, 0.1) is 0 Å². The van der Waals surface area contributed by atoms with Crippen LogP contribution >= 0.6 is 0 Å². The Bertz CT molecular complexity index is 334. The maximum absolute atomic E-state index is 2.41. The highest BCUT2D eigenvalue weighted by molar-refractivity contribution is 5.38. The first kappa shape index (κ1) is 9.76. The summed E-state index contributed by atoms with van der Waals surface area (Å²) in [6, 6.07) is 7.06. The van der Waals surface area contributed by atoms with Crippen LogP contribution < -0.4 is 0 Å². The van der Waals surface area contributed by atoms with Crippen LogP contribution in [0.4, 0.5) is 0 Å². The Balaban J connectivity index is 2.46. The summed E-state index contributed by atoms with van der Waals surface area (Å²) in [5.74, 6) is 0. The predicted molar refractivity (Wildman–Crippen MR) is 61.8 cm³/mol. The first-order valence-electron chi connectivity index (χ1n) is 5.76. The molecule has 0 fully saturated rings. The maximum Gasteiger partial charge on any atom is -0.0101 e. The lowest BCUT2D eigenvalue weighted by Gasteiger charge is -2.32. The lowest BCUT2D eigenvalue weighted by molar-refractivity contribution is 0.431. The number of benzene rings is 1. The molecule has 0 spiro atoms. The minimum atomic E-state index is 0.403. The van der Waals surface area contributed by atoms with E-state index in [9.17, 15) is 0 Å². The monoisotopic (exact) mass is 188 g/mol. The van der Waals surface area contributed by atoms with Crippen LogP contribution in [0.1, 0.15) is 50.3 Å². The van der Waals surface area contributed by atoms with E-state index in [0.717, 1.165) is 6.42 Å². The number of fused-ring (bicyclic) bond motifs is 1. The lowest BCUT2D eigenvalue weighted by Crippen LogP contribution is -2.23. The molecule has 0 nitrogen and oxygen atoms in total. The van der Waals surface area contributed by atoms with Crippen LogP contribution in [0.3, 0.4) is 0 Å². The van der Waals surface area contributed by atoms with Crippen LogP contribution in [0.5, 0.6) is 0 Å². The first-order valence-corrected chi connectivity index (χ1v) is 5.76. The molecule has 0 saturated carbocycles. The molecule has 1 aromatic carbocycles. The van der Waals surface area contributed by atoms with Gasteiger partial charge in [0.25, 0.3) is 0 Å². The molecule has 0 unspecified atom stereocenters. The third kappa shape index (κ3) is 1.58. The van der Waals surface area contributed by atoms with Gasteiger partial charge in [-0.3, -0.25) is 0 Å². The fourth-order valence-corrected chi connectivity index (χ4v) is 2.59. The van der Waals surface area contributed by atoms with Crippen LogP contribution in [-0.2, 0) is 18.3 Å². The van der Waals surface area contributed by atoms with E-state index in [2.05, 4.69) is 39.0 Å². The fourth-order valence-electron chi connectivity index (χ4n) is 2.59. The van der Waals surface area contributed by atoms with E-state index in [4.69, 9.17) is 0 Å². The average molecular weight is 188 g/mol. The molecule has 0 amide bonds. The third-order valence-corrected chi connectivity index (χ3v) is 3.55. The van der Waals surface area contributed by atoms with Gasteiger partial charge in [0, 0.05) is 0 Å². The van der Waals surface area contributed by atoms with Crippen molar-refractivity contribution >= 4 is 0 Å². The molecule has 1 aromatic rings. The van der Waals surface area contributed by atoms with Crippen LogP contribution in [0.2, 0.25) is 0 Å². The van der Waals surface area contributed by atoms with Crippen molar-refractivity contribution in [1.82, 2.24) is 0 Å². The van der Waals surface area contributed by atoms with Crippen molar-refractivity contribution in [3.8, 4) is 0 Å². The third-order valence-electron chi connectivity index (χ3n) is 3.55. The van der Waals surface area contributed by atoms with E-state index in [-0.39, 0.29) is 0 Å². The number of rotatable bonds is 1. The van der Waals surface area contributed by atoms with Gasteiger partial charge in [0.15, 0.2) is 0 Å². The van der Waals surface area contributed by atoms with Crippen molar-refractivity contribution in [2.45, 2.75) is 51.9 Å². The molecule has 1 aliphatic carbocycles. The standard InChI is InChI=1S/C14H20/c1-4-11-7-8-13-12(10-11)6-5-9-14(13,2)3/h7-8,10H,4-6,9H2,1-3H3.